The van der Waals surface area contributed by atoms with Gasteiger partial charge in [0.1, 0.15) is 5.75 Å². The molecular formula is C13H17NO. The van der Waals surface area contributed by atoms with Gasteiger partial charge < -0.3 is 5.11 Å². The van der Waals surface area contributed by atoms with Crippen molar-refractivity contribution < 1.29 is 5.11 Å². The first-order valence-corrected chi connectivity index (χ1v) is 5.83. The fourth-order valence-electron chi connectivity index (χ4n) is 2.89. The van der Waals surface area contributed by atoms with Crippen molar-refractivity contribution in [3.8, 4) is 5.75 Å². The third-order valence-electron chi connectivity index (χ3n) is 3.82. The second kappa shape index (κ2) is 3.53. The second-order valence-corrected chi connectivity index (χ2v) is 4.91. The van der Waals surface area contributed by atoms with Crippen molar-refractivity contribution in [2.24, 2.45) is 5.92 Å². The van der Waals surface area contributed by atoms with E-state index in [-0.39, 0.29) is 0 Å². The Balaban J connectivity index is 1.57. The highest BCUT2D eigenvalue weighted by atomic mass is 16.3. The van der Waals surface area contributed by atoms with Crippen LogP contribution in [0.4, 0.5) is 0 Å². The highest BCUT2D eigenvalue weighted by Crippen LogP contribution is 2.40. The number of fused-ring (bicyclic) bond motifs is 1. The molecule has 1 N–H and O–H groups in total. The molecule has 0 atom stereocenters. The molecule has 4 rings (SSSR count). The van der Waals surface area contributed by atoms with E-state index in [2.05, 4.69) is 11.0 Å². The zero-order valence-electron chi connectivity index (χ0n) is 8.89. The number of benzene rings is 1. The maximum absolute atomic E-state index is 9.35. The third kappa shape index (κ3) is 1.74. The average molecular weight is 203 g/mol. The number of rotatable bonds is 3. The molecule has 2 heterocycles. The summed E-state index contributed by atoms with van der Waals surface area (Å²) in [6.45, 7) is 2.47. The summed E-state index contributed by atoms with van der Waals surface area (Å²) in [6, 6.07) is 8.51. The Kier molecular flexibility index (Phi) is 2.17. The molecular weight excluding hydrogens is 186 g/mol. The summed E-state index contributed by atoms with van der Waals surface area (Å²) in [4.78, 5) is 2.61. The largest absolute Gasteiger partial charge is 0.508 e. The van der Waals surface area contributed by atoms with Crippen LogP contribution >= 0.6 is 0 Å². The van der Waals surface area contributed by atoms with Crippen molar-refractivity contribution in [1.82, 2.24) is 4.90 Å². The van der Waals surface area contributed by atoms with E-state index in [1.54, 1.807) is 6.07 Å². The molecule has 0 unspecified atom stereocenters. The third-order valence-corrected chi connectivity index (χ3v) is 3.82. The zero-order chi connectivity index (χ0) is 10.3. The first kappa shape index (κ1) is 9.22. The first-order valence-electron chi connectivity index (χ1n) is 5.83. The SMILES string of the molecule is Oc1cccc(CCN2CC3CC2C3)c1. The molecule has 2 nitrogen and oxygen atoms in total. The van der Waals surface area contributed by atoms with Gasteiger partial charge in [-0.2, -0.15) is 0 Å². The van der Waals surface area contributed by atoms with E-state index < -0.39 is 0 Å². The van der Waals surface area contributed by atoms with Crippen LogP contribution in [0.2, 0.25) is 0 Å². The molecule has 0 aromatic heterocycles. The van der Waals surface area contributed by atoms with Crippen LogP contribution in [0.25, 0.3) is 0 Å². The van der Waals surface area contributed by atoms with Gasteiger partial charge in [0.05, 0.1) is 0 Å². The number of aromatic hydroxyl groups is 1. The molecule has 1 aliphatic carbocycles. The molecule has 3 fully saturated rings. The Bertz CT molecular complexity index is 357. The van der Waals surface area contributed by atoms with Crippen LogP contribution in [0.15, 0.2) is 24.3 Å². The Labute approximate surface area is 90.5 Å². The predicted octanol–water partition coefficient (Wildman–Crippen LogP) is 2.03. The summed E-state index contributed by atoms with van der Waals surface area (Å²) in [6.07, 6.45) is 3.93. The van der Waals surface area contributed by atoms with Crippen LogP contribution in [0.3, 0.4) is 0 Å². The van der Waals surface area contributed by atoms with Gasteiger partial charge in [-0.1, -0.05) is 12.1 Å². The van der Waals surface area contributed by atoms with Crippen LogP contribution < -0.4 is 0 Å². The molecule has 0 amide bonds. The molecule has 2 heteroatoms. The summed E-state index contributed by atoms with van der Waals surface area (Å²) >= 11 is 0. The lowest BCUT2D eigenvalue weighted by atomic mass is 9.86. The molecule has 3 aliphatic rings. The second-order valence-electron chi connectivity index (χ2n) is 4.91. The minimum absolute atomic E-state index is 0.387. The molecule has 1 saturated carbocycles. The molecule has 80 valence electrons. The van der Waals surface area contributed by atoms with Crippen LogP contribution in [0.5, 0.6) is 5.75 Å². The number of nitrogens with zero attached hydrogens (tertiary/aromatic N) is 1. The summed E-state index contributed by atoms with van der Waals surface area (Å²) in [5.41, 5.74) is 1.25. The minimum atomic E-state index is 0.387. The standard InChI is InChI=1S/C13H17NO/c15-13-3-1-2-10(8-13)4-5-14-9-11-6-12(14)7-11/h1-3,8,11-12,15H,4-7,9H2. The lowest BCUT2D eigenvalue weighted by Crippen LogP contribution is -2.30. The van der Waals surface area contributed by atoms with Crippen LogP contribution in [-0.2, 0) is 6.42 Å². The lowest BCUT2D eigenvalue weighted by molar-refractivity contribution is 0.248. The number of phenolic OH excluding ortho intramolecular Hbond substituents is 1. The van der Waals surface area contributed by atoms with Gasteiger partial charge >= 0.3 is 0 Å². The topological polar surface area (TPSA) is 23.5 Å². The quantitative estimate of drug-likeness (QED) is 0.812. The van der Waals surface area contributed by atoms with Crippen molar-refractivity contribution in [2.75, 3.05) is 13.1 Å². The highest BCUT2D eigenvalue weighted by Gasteiger charge is 2.41. The summed E-state index contributed by atoms with van der Waals surface area (Å²) in [7, 11) is 0. The summed E-state index contributed by atoms with van der Waals surface area (Å²) < 4.78 is 0. The number of phenols is 1. The van der Waals surface area contributed by atoms with Gasteiger partial charge in [0.25, 0.3) is 0 Å². The maximum Gasteiger partial charge on any atom is 0.115 e. The van der Waals surface area contributed by atoms with Gasteiger partial charge in [0, 0.05) is 19.1 Å². The van der Waals surface area contributed by atoms with Crippen LogP contribution in [0, 0.1) is 5.92 Å². The van der Waals surface area contributed by atoms with Crippen LogP contribution in [0.1, 0.15) is 18.4 Å². The maximum atomic E-state index is 9.35. The van der Waals surface area contributed by atoms with Gasteiger partial charge in [0.2, 0.25) is 0 Å². The van der Waals surface area contributed by atoms with Crippen molar-refractivity contribution >= 4 is 0 Å². The molecule has 2 aliphatic heterocycles. The van der Waals surface area contributed by atoms with Crippen LogP contribution in [-0.4, -0.2) is 29.1 Å². The molecule has 1 aromatic carbocycles. The molecule has 0 spiro atoms. The number of hydrogen-bond acceptors (Lipinski definition) is 2. The van der Waals surface area contributed by atoms with Gasteiger partial charge in [0.15, 0.2) is 0 Å². The van der Waals surface area contributed by atoms with Crippen molar-refractivity contribution in [3.63, 3.8) is 0 Å². The Morgan fingerprint density at radius 2 is 2.20 bits per heavy atom. The van der Waals surface area contributed by atoms with Gasteiger partial charge in [-0.15, -0.1) is 0 Å². The van der Waals surface area contributed by atoms with E-state index in [1.807, 2.05) is 12.1 Å². The van der Waals surface area contributed by atoms with E-state index in [4.69, 9.17) is 0 Å². The van der Waals surface area contributed by atoms with E-state index >= 15 is 0 Å². The van der Waals surface area contributed by atoms with E-state index in [0.717, 1.165) is 24.9 Å². The molecule has 15 heavy (non-hydrogen) atoms. The average Bonchev–Trinajstić information content (AvgIpc) is 2.72. The molecule has 1 aromatic rings. The molecule has 0 radical (unpaired) electrons. The lowest BCUT2D eigenvalue weighted by Gasteiger charge is -2.25. The zero-order valence-corrected chi connectivity index (χ0v) is 8.89. The van der Waals surface area contributed by atoms with Crippen molar-refractivity contribution in [3.05, 3.63) is 29.8 Å². The van der Waals surface area contributed by atoms with Gasteiger partial charge in [-0.05, 0) is 42.9 Å². The van der Waals surface area contributed by atoms with Crippen molar-refractivity contribution in [2.45, 2.75) is 25.3 Å². The summed E-state index contributed by atoms with van der Waals surface area (Å²) in [5, 5.41) is 9.35. The Morgan fingerprint density at radius 3 is 2.87 bits per heavy atom. The monoisotopic (exact) mass is 203 g/mol. The van der Waals surface area contributed by atoms with E-state index in [9.17, 15) is 5.11 Å². The highest BCUT2D eigenvalue weighted by molar-refractivity contribution is 5.27. The van der Waals surface area contributed by atoms with Crippen molar-refractivity contribution in [1.29, 1.82) is 0 Å². The molecule has 2 saturated heterocycles. The van der Waals surface area contributed by atoms with Gasteiger partial charge in [-0.3, -0.25) is 4.90 Å². The Morgan fingerprint density at radius 1 is 1.33 bits per heavy atom. The van der Waals surface area contributed by atoms with E-state index in [0.29, 0.717) is 5.75 Å². The molecule has 2 bridgehead atoms. The number of hydrogen-bond donors (Lipinski definition) is 1. The first-order chi connectivity index (χ1) is 7.31. The van der Waals surface area contributed by atoms with E-state index in [1.165, 1.54) is 24.9 Å². The minimum Gasteiger partial charge on any atom is -0.508 e. The fraction of sp³-hybridized carbons (Fsp3) is 0.538. The normalized spacial score (nSPS) is 29.1. The fourth-order valence-corrected chi connectivity index (χ4v) is 2.89. The summed E-state index contributed by atoms with van der Waals surface area (Å²) in [5.74, 6) is 1.39. The van der Waals surface area contributed by atoms with Gasteiger partial charge in [-0.25, -0.2) is 0 Å². The Hall–Kier alpha value is -1.02. The predicted molar refractivity (Wildman–Crippen MR) is 59.9 cm³/mol. The smallest absolute Gasteiger partial charge is 0.115 e.